The Kier molecular flexibility index (Phi) is 7.90. The minimum atomic E-state index is -3.84. The van der Waals surface area contributed by atoms with E-state index in [4.69, 9.17) is 0 Å². The highest BCUT2D eigenvalue weighted by Gasteiger charge is 2.17. The number of nitro groups is 1. The average molecular weight is 405 g/mol. The quantitative estimate of drug-likeness (QED) is 0.191. The summed E-state index contributed by atoms with van der Waals surface area (Å²) in [5.74, 6) is 0.570. The van der Waals surface area contributed by atoms with E-state index in [1.807, 2.05) is 37.3 Å². The number of nitro benzene ring substituents is 1. The minimum Gasteiger partial charge on any atom is -0.357 e. The van der Waals surface area contributed by atoms with Crippen LogP contribution in [0.5, 0.6) is 0 Å². The van der Waals surface area contributed by atoms with Crippen molar-refractivity contribution in [1.82, 2.24) is 15.4 Å². The van der Waals surface area contributed by atoms with Gasteiger partial charge in [0.05, 0.1) is 16.4 Å². The normalized spacial score (nSPS) is 11.8. The molecule has 0 heterocycles. The number of hydrogen-bond acceptors (Lipinski definition) is 5. The van der Waals surface area contributed by atoms with Gasteiger partial charge in [-0.15, -0.1) is 0 Å². The SMILES string of the molecule is CCNC(=NCc1ccccc1)NCCNS(=O)(=O)c1cccc([N+](=O)[O-])c1. The molecule has 10 heteroatoms. The van der Waals surface area contributed by atoms with Crippen LogP contribution in [0.25, 0.3) is 0 Å². The molecule has 0 aromatic heterocycles. The molecule has 0 radical (unpaired) electrons. The molecule has 0 aliphatic rings. The van der Waals surface area contributed by atoms with Gasteiger partial charge in [0.25, 0.3) is 5.69 Å². The van der Waals surface area contributed by atoms with Crippen LogP contribution in [0, 0.1) is 10.1 Å². The molecule has 0 fully saturated rings. The second-order valence-corrected chi connectivity index (χ2v) is 7.53. The van der Waals surface area contributed by atoms with E-state index in [2.05, 4.69) is 20.3 Å². The van der Waals surface area contributed by atoms with Crippen molar-refractivity contribution in [2.45, 2.75) is 18.4 Å². The predicted octanol–water partition coefficient (Wildman–Crippen LogP) is 1.63. The lowest BCUT2D eigenvalue weighted by Crippen LogP contribution is -2.41. The van der Waals surface area contributed by atoms with Crippen LogP contribution in [0.3, 0.4) is 0 Å². The first kappa shape index (κ1) is 21.3. The lowest BCUT2D eigenvalue weighted by molar-refractivity contribution is -0.385. The molecule has 0 bridgehead atoms. The Hall–Kier alpha value is -2.98. The van der Waals surface area contributed by atoms with Crippen LogP contribution in [0.15, 0.2) is 64.5 Å². The van der Waals surface area contributed by atoms with E-state index >= 15 is 0 Å². The van der Waals surface area contributed by atoms with E-state index in [0.717, 1.165) is 11.6 Å². The molecule has 0 unspecified atom stereocenters. The third-order valence-electron chi connectivity index (χ3n) is 3.66. The smallest absolute Gasteiger partial charge is 0.270 e. The Morgan fingerprint density at radius 1 is 1.07 bits per heavy atom. The number of non-ortho nitro benzene ring substituents is 1. The van der Waals surface area contributed by atoms with Crippen LogP contribution >= 0.6 is 0 Å². The third-order valence-corrected chi connectivity index (χ3v) is 5.11. The number of nitrogens with one attached hydrogen (secondary N) is 3. The third kappa shape index (κ3) is 6.63. The van der Waals surface area contributed by atoms with E-state index in [0.29, 0.717) is 25.6 Å². The second-order valence-electron chi connectivity index (χ2n) is 5.76. The number of hydrogen-bond donors (Lipinski definition) is 3. The van der Waals surface area contributed by atoms with Crippen molar-refractivity contribution < 1.29 is 13.3 Å². The minimum absolute atomic E-state index is 0.0980. The molecular formula is C18H23N5O4S. The first-order valence-electron chi connectivity index (χ1n) is 8.72. The Balaban J connectivity index is 1.89. The number of benzene rings is 2. The van der Waals surface area contributed by atoms with Crippen molar-refractivity contribution in [3.63, 3.8) is 0 Å². The fraction of sp³-hybridized carbons (Fsp3) is 0.278. The molecule has 2 aromatic carbocycles. The van der Waals surface area contributed by atoms with Crippen LogP contribution < -0.4 is 15.4 Å². The molecule has 3 N–H and O–H groups in total. The highest BCUT2D eigenvalue weighted by molar-refractivity contribution is 7.89. The summed E-state index contributed by atoms with van der Waals surface area (Å²) < 4.78 is 27.0. The first-order valence-corrected chi connectivity index (χ1v) is 10.2. The van der Waals surface area contributed by atoms with E-state index < -0.39 is 14.9 Å². The molecule has 28 heavy (non-hydrogen) atoms. The van der Waals surface area contributed by atoms with Crippen molar-refractivity contribution in [3.05, 3.63) is 70.3 Å². The summed E-state index contributed by atoms with van der Waals surface area (Å²) in [5.41, 5.74) is 0.787. The summed E-state index contributed by atoms with van der Waals surface area (Å²) in [4.78, 5) is 14.5. The zero-order valence-corrected chi connectivity index (χ0v) is 16.3. The Morgan fingerprint density at radius 2 is 1.82 bits per heavy atom. The second kappa shape index (κ2) is 10.4. The topological polar surface area (TPSA) is 126 Å². The number of aliphatic imine (C=N–C) groups is 1. The van der Waals surface area contributed by atoms with Gasteiger partial charge in [0.15, 0.2) is 5.96 Å². The molecule has 0 aliphatic heterocycles. The van der Waals surface area contributed by atoms with Crippen molar-refractivity contribution in [1.29, 1.82) is 0 Å². The van der Waals surface area contributed by atoms with Gasteiger partial charge in [-0.05, 0) is 18.6 Å². The van der Waals surface area contributed by atoms with Crippen LogP contribution in [-0.2, 0) is 16.6 Å². The van der Waals surface area contributed by atoms with E-state index in [1.165, 1.54) is 18.2 Å². The summed E-state index contributed by atoms with van der Waals surface area (Å²) in [6.45, 7) is 3.50. The Bertz CT molecular complexity index is 917. The summed E-state index contributed by atoms with van der Waals surface area (Å²) in [6, 6.07) is 14.7. The summed E-state index contributed by atoms with van der Waals surface area (Å²) in [6.07, 6.45) is 0. The zero-order valence-electron chi connectivity index (χ0n) is 15.5. The highest BCUT2D eigenvalue weighted by Crippen LogP contribution is 2.16. The highest BCUT2D eigenvalue weighted by atomic mass is 32.2. The fourth-order valence-electron chi connectivity index (χ4n) is 2.31. The molecule has 2 aromatic rings. The van der Waals surface area contributed by atoms with Gasteiger partial charge < -0.3 is 10.6 Å². The standard InChI is InChI=1S/C18H23N5O4S/c1-2-19-18(21-14-15-7-4-3-5-8-15)20-11-12-22-28(26,27)17-10-6-9-16(13-17)23(24)25/h3-10,13,22H,2,11-12,14H2,1H3,(H2,19,20,21). The van der Waals surface area contributed by atoms with Crippen LogP contribution in [0.2, 0.25) is 0 Å². The number of rotatable bonds is 9. The molecule has 9 nitrogen and oxygen atoms in total. The van der Waals surface area contributed by atoms with Crippen molar-refractivity contribution in [2.75, 3.05) is 19.6 Å². The molecule has 150 valence electrons. The van der Waals surface area contributed by atoms with Gasteiger partial charge in [0, 0.05) is 31.8 Å². The van der Waals surface area contributed by atoms with Gasteiger partial charge in [-0.25, -0.2) is 18.1 Å². The zero-order chi connectivity index (χ0) is 20.4. The molecular weight excluding hydrogens is 382 g/mol. The first-order chi connectivity index (χ1) is 13.4. The van der Waals surface area contributed by atoms with E-state index in [1.54, 1.807) is 0 Å². The van der Waals surface area contributed by atoms with Crippen LogP contribution in [0.4, 0.5) is 5.69 Å². The van der Waals surface area contributed by atoms with Crippen molar-refractivity contribution >= 4 is 21.7 Å². The summed E-state index contributed by atoms with van der Waals surface area (Å²) in [5, 5.41) is 16.9. The lowest BCUT2D eigenvalue weighted by Gasteiger charge is -2.12. The molecule has 2 rings (SSSR count). The lowest BCUT2D eigenvalue weighted by atomic mass is 10.2. The van der Waals surface area contributed by atoms with Crippen molar-refractivity contribution in [3.8, 4) is 0 Å². The number of guanidine groups is 1. The maximum Gasteiger partial charge on any atom is 0.270 e. The van der Waals surface area contributed by atoms with Crippen LogP contribution in [-0.4, -0.2) is 38.9 Å². The van der Waals surface area contributed by atoms with Gasteiger partial charge in [-0.2, -0.15) is 0 Å². The largest absolute Gasteiger partial charge is 0.357 e. The maximum atomic E-state index is 12.3. The van der Waals surface area contributed by atoms with E-state index in [-0.39, 0.29) is 17.1 Å². The summed E-state index contributed by atoms with van der Waals surface area (Å²) in [7, 11) is -3.84. The monoisotopic (exact) mass is 405 g/mol. The maximum absolute atomic E-state index is 12.3. The van der Waals surface area contributed by atoms with Gasteiger partial charge >= 0.3 is 0 Å². The van der Waals surface area contributed by atoms with E-state index in [9.17, 15) is 18.5 Å². The average Bonchev–Trinajstić information content (AvgIpc) is 2.70. The molecule has 0 saturated heterocycles. The molecule has 0 atom stereocenters. The Labute approximate surface area is 164 Å². The molecule has 0 saturated carbocycles. The number of nitrogens with zero attached hydrogens (tertiary/aromatic N) is 2. The molecule has 0 amide bonds. The van der Waals surface area contributed by atoms with Gasteiger partial charge in [0.2, 0.25) is 10.0 Å². The number of sulfonamides is 1. The Morgan fingerprint density at radius 3 is 2.50 bits per heavy atom. The summed E-state index contributed by atoms with van der Waals surface area (Å²) >= 11 is 0. The van der Waals surface area contributed by atoms with Crippen molar-refractivity contribution in [2.24, 2.45) is 4.99 Å². The fourth-order valence-corrected chi connectivity index (χ4v) is 3.38. The van der Waals surface area contributed by atoms with Gasteiger partial charge in [-0.3, -0.25) is 10.1 Å². The molecule has 0 aliphatic carbocycles. The van der Waals surface area contributed by atoms with Gasteiger partial charge in [-0.1, -0.05) is 36.4 Å². The van der Waals surface area contributed by atoms with Gasteiger partial charge in [0.1, 0.15) is 0 Å². The molecule has 0 spiro atoms. The predicted molar refractivity (Wildman–Crippen MR) is 108 cm³/mol. The van der Waals surface area contributed by atoms with Crippen LogP contribution in [0.1, 0.15) is 12.5 Å².